The van der Waals surface area contributed by atoms with Gasteiger partial charge in [0.1, 0.15) is 11.9 Å². The second-order valence-electron chi connectivity index (χ2n) is 8.53. The van der Waals surface area contributed by atoms with E-state index in [9.17, 15) is 4.39 Å². The van der Waals surface area contributed by atoms with Crippen molar-refractivity contribution in [1.29, 1.82) is 0 Å². The van der Waals surface area contributed by atoms with Crippen LogP contribution in [-0.2, 0) is 30.7 Å². The number of halogens is 1. The van der Waals surface area contributed by atoms with Gasteiger partial charge in [-0.05, 0) is 55.8 Å². The fourth-order valence-corrected chi connectivity index (χ4v) is 5.03. The number of likely N-dealkylation sites (N-methyl/N-ethyl adjacent to an activating group) is 1. The van der Waals surface area contributed by atoms with Crippen molar-refractivity contribution in [1.82, 2.24) is 9.47 Å². The molecule has 0 fully saturated rings. The molecule has 1 aromatic heterocycles. The van der Waals surface area contributed by atoms with Gasteiger partial charge in [-0.1, -0.05) is 23.8 Å². The lowest BCUT2D eigenvalue weighted by Crippen LogP contribution is -2.29. The first-order valence-electron chi connectivity index (χ1n) is 10.2. The zero-order valence-electron chi connectivity index (χ0n) is 16.8. The summed E-state index contributed by atoms with van der Waals surface area (Å²) < 4.78 is 22.4. The lowest BCUT2D eigenvalue weighted by molar-refractivity contribution is -0.0142. The summed E-state index contributed by atoms with van der Waals surface area (Å²) in [6.07, 6.45) is 2.01. The van der Waals surface area contributed by atoms with Gasteiger partial charge >= 0.3 is 0 Å². The fourth-order valence-electron chi connectivity index (χ4n) is 5.03. The van der Waals surface area contributed by atoms with E-state index in [0.717, 1.165) is 38.0 Å². The summed E-state index contributed by atoms with van der Waals surface area (Å²) in [4.78, 5) is 2.41. The third kappa shape index (κ3) is 2.96. The molecule has 0 saturated carbocycles. The minimum Gasteiger partial charge on any atom is -0.368 e. The van der Waals surface area contributed by atoms with E-state index in [1.807, 2.05) is 12.1 Å². The molecule has 2 aromatic carbocycles. The topological polar surface area (TPSA) is 17.4 Å². The number of nitrogens with zero attached hydrogens (tertiary/aromatic N) is 2. The molecule has 2 aliphatic rings. The van der Waals surface area contributed by atoms with Crippen LogP contribution in [0.3, 0.4) is 0 Å². The second kappa shape index (κ2) is 6.71. The van der Waals surface area contributed by atoms with Crippen molar-refractivity contribution in [2.24, 2.45) is 0 Å². The quantitative estimate of drug-likeness (QED) is 0.606. The monoisotopic (exact) mass is 378 g/mol. The zero-order chi connectivity index (χ0) is 19.4. The molecule has 0 saturated heterocycles. The Kier molecular flexibility index (Phi) is 4.29. The van der Waals surface area contributed by atoms with E-state index in [1.165, 1.54) is 45.4 Å². The van der Waals surface area contributed by atoms with Gasteiger partial charge in [-0.3, -0.25) is 0 Å². The zero-order valence-corrected chi connectivity index (χ0v) is 16.8. The number of aryl methyl sites for hydroxylation is 1. The lowest BCUT2D eigenvalue weighted by atomic mass is 9.98. The summed E-state index contributed by atoms with van der Waals surface area (Å²) in [5.41, 5.74) is 8.06. The molecule has 5 rings (SSSR count). The SMILES string of the molecule is Cc1cc2c3c(c1)c1c(n3CC(c3ccc(F)cc3)OC(C)C2)CCN(C)C1. The Bertz CT molecular complexity index is 1040. The Labute approximate surface area is 165 Å². The fraction of sp³-hybridized carbons (Fsp3) is 0.417. The Morgan fingerprint density at radius 1 is 1.14 bits per heavy atom. The van der Waals surface area contributed by atoms with Crippen LogP contribution >= 0.6 is 0 Å². The highest BCUT2D eigenvalue weighted by atomic mass is 19.1. The summed E-state index contributed by atoms with van der Waals surface area (Å²) in [5.74, 6) is -0.202. The Balaban J connectivity index is 1.71. The predicted molar refractivity (Wildman–Crippen MR) is 110 cm³/mol. The van der Waals surface area contributed by atoms with Crippen molar-refractivity contribution in [2.75, 3.05) is 13.6 Å². The molecule has 2 unspecified atom stereocenters. The van der Waals surface area contributed by atoms with Crippen molar-refractivity contribution >= 4 is 10.9 Å². The molecule has 0 aliphatic carbocycles. The van der Waals surface area contributed by atoms with Crippen LogP contribution in [-0.4, -0.2) is 29.2 Å². The first kappa shape index (κ1) is 17.9. The van der Waals surface area contributed by atoms with Crippen molar-refractivity contribution in [3.05, 3.63) is 70.2 Å². The van der Waals surface area contributed by atoms with Gasteiger partial charge in [-0.25, -0.2) is 4.39 Å². The number of hydrogen-bond acceptors (Lipinski definition) is 2. The summed E-state index contributed by atoms with van der Waals surface area (Å²) in [6.45, 7) is 7.20. The van der Waals surface area contributed by atoms with Crippen LogP contribution < -0.4 is 0 Å². The van der Waals surface area contributed by atoms with E-state index in [0.29, 0.717) is 0 Å². The third-order valence-corrected chi connectivity index (χ3v) is 6.25. The van der Waals surface area contributed by atoms with Gasteiger partial charge < -0.3 is 14.2 Å². The maximum absolute atomic E-state index is 13.5. The molecule has 0 bridgehead atoms. The highest BCUT2D eigenvalue weighted by molar-refractivity contribution is 5.89. The molecule has 2 aliphatic heterocycles. The largest absolute Gasteiger partial charge is 0.368 e. The number of rotatable bonds is 1. The minimum atomic E-state index is -0.202. The minimum absolute atomic E-state index is 0.0654. The van der Waals surface area contributed by atoms with Gasteiger partial charge in [0.25, 0.3) is 0 Å². The van der Waals surface area contributed by atoms with Crippen LogP contribution in [0.4, 0.5) is 4.39 Å². The molecule has 3 aromatic rings. The number of fused-ring (bicyclic) bond motifs is 3. The summed E-state index contributed by atoms with van der Waals surface area (Å²) in [6, 6.07) is 11.5. The number of ether oxygens (including phenoxy) is 1. The molecule has 0 N–H and O–H groups in total. The van der Waals surface area contributed by atoms with Gasteiger partial charge in [0.15, 0.2) is 0 Å². The van der Waals surface area contributed by atoms with Gasteiger partial charge in [-0.2, -0.15) is 0 Å². The van der Waals surface area contributed by atoms with Gasteiger partial charge in [0, 0.05) is 37.0 Å². The van der Waals surface area contributed by atoms with Crippen LogP contribution in [0.5, 0.6) is 0 Å². The van der Waals surface area contributed by atoms with E-state index >= 15 is 0 Å². The van der Waals surface area contributed by atoms with E-state index in [4.69, 9.17) is 4.74 Å². The molecule has 2 atom stereocenters. The molecule has 0 radical (unpaired) electrons. The second-order valence-corrected chi connectivity index (χ2v) is 8.53. The molecule has 28 heavy (non-hydrogen) atoms. The van der Waals surface area contributed by atoms with Crippen molar-refractivity contribution in [2.45, 2.75) is 52.0 Å². The van der Waals surface area contributed by atoms with Crippen LogP contribution in [0, 0.1) is 12.7 Å². The Morgan fingerprint density at radius 2 is 1.93 bits per heavy atom. The number of hydrogen-bond donors (Lipinski definition) is 0. The van der Waals surface area contributed by atoms with Crippen molar-refractivity contribution in [3.8, 4) is 0 Å². The van der Waals surface area contributed by atoms with Crippen LogP contribution in [0.25, 0.3) is 10.9 Å². The molecule has 146 valence electrons. The smallest absolute Gasteiger partial charge is 0.123 e. The molecule has 3 nitrogen and oxygen atoms in total. The third-order valence-electron chi connectivity index (χ3n) is 6.25. The van der Waals surface area contributed by atoms with Gasteiger partial charge in [-0.15, -0.1) is 0 Å². The highest BCUT2D eigenvalue weighted by Crippen LogP contribution is 2.38. The van der Waals surface area contributed by atoms with Crippen LogP contribution in [0.1, 0.15) is 41.0 Å². The molecular formula is C24H27FN2O. The standard InChI is InChI=1S/C24H27FN2O/c1-15-10-18-12-16(2)28-23(17-4-6-19(25)7-5-17)14-27-22-8-9-26(3)13-21(22)20(11-15)24(18)27/h4-7,10-11,16,23H,8-9,12-14H2,1-3H3. The van der Waals surface area contributed by atoms with E-state index in [-0.39, 0.29) is 18.0 Å². The van der Waals surface area contributed by atoms with Crippen molar-refractivity contribution < 1.29 is 9.13 Å². The molecular weight excluding hydrogens is 351 g/mol. The lowest BCUT2D eigenvalue weighted by Gasteiger charge is -2.29. The first-order valence-corrected chi connectivity index (χ1v) is 10.2. The molecule has 0 amide bonds. The number of benzene rings is 2. The predicted octanol–water partition coefficient (Wildman–Crippen LogP) is 4.78. The Morgan fingerprint density at radius 3 is 2.71 bits per heavy atom. The average molecular weight is 378 g/mol. The first-order chi connectivity index (χ1) is 13.5. The number of aromatic nitrogens is 1. The highest BCUT2D eigenvalue weighted by Gasteiger charge is 2.29. The molecule has 4 heteroatoms. The Hall–Kier alpha value is -2.17. The van der Waals surface area contributed by atoms with E-state index < -0.39 is 0 Å². The summed E-state index contributed by atoms with van der Waals surface area (Å²) in [7, 11) is 2.20. The maximum atomic E-state index is 13.5. The summed E-state index contributed by atoms with van der Waals surface area (Å²) in [5, 5.41) is 1.41. The van der Waals surface area contributed by atoms with Crippen LogP contribution in [0.2, 0.25) is 0 Å². The van der Waals surface area contributed by atoms with Crippen LogP contribution in [0.15, 0.2) is 36.4 Å². The molecule has 3 heterocycles. The van der Waals surface area contributed by atoms with Gasteiger partial charge in [0.05, 0.1) is 18.2 Å². The van der Waals surface area contributed by atoms with Crippen molar-refractivity contribution in [3.63, 3.8) is 0 Å². The van der Waals surface area contributed by atoms with Gasteiger partial charge in [0.2, 0.25) is 0 Å². The van der Waals surface area contributed by atoms with E-state index in [1.54, 1.807) is 0 Å². The molecule has 0 spiro atoms. The van der Waals surface area contributed by atoms with E-state index in [2.05, 4.69) is 42.5 Å². The average Bonchev–Trinajstić information content (AvgIpc) is 2.93. The normalized spacial score (nSPS) is 22.7. The summed E-state index contributed by atoms with van der Waals surface area (Å²) >= 11 is 0. The maximum Gasteiger partial charge on any atom is 0.123 e.